The van der Waals surface area contributed by atoms with Gasteiger partial charge < -0.3 is 26.5 Å². The van der Waals surface area contributed by atoms with E-state index in [2.05, 4.69) is 5.32 Å². The van der Waals surface area contributed by atoms with Crippen LogP contribution in [0.25, 0.3) is 0 Å². The molecule has 0 aromatic rings. The molecular weight excluding hydrogens is 266 g/mol. The zero-order valence-electron chi connectivity index (χ0n) is 12.3. The number of carboxylic acid groups (broad SMARTS) is 2. The number of nitrogens with two attached hydrogens (primary N) is 1. The van der Waals surface area contributed by atoms with E-state index in [4.69, 9.17) is 21.2 Å². The van der Waals surface area contributed by atoms with Crippen LogP contribution in [0.1, 0.15) is 33.1 Å². The first-order chi connectivity index (χ1) is 9.31. The van der Waals surface area contributed by atoms with E-state index in [0.717, 1.165) is 6.42 Å². The average molecular weight is 293 g/mol. The van der Waals surface area contributed by atoms with Crippen molar-refractivity contribution < 1.29 is 25.0 Å². The lowest BCUT2D eigenvalue weighted by molar-refractivity contribution is -0.143. The lowest BCUT2D eigenvalue weighted by Crippen LogP contribution is -2.38. The lowest BCUT2D eigenvalue weighted by atomic mass is 10.1. The summed E-state index contributed by atoms with van der Waals surface area (Å²) in [7, 11) is 1.65. The molecule has 0 bridgehead atoms. The number of nitrogens with one attached hydrogen (secondary N) is 2. The van der Waals surface area contributed by atoms with Crippen LogP contribution in [0.5, 0.6) is 0 Å². The van der Waals surface area contributed by atoms with Gasteiger partial charge in [-0.05, 0) is 38.8 Å². The van der Waals surface area contributed by atoms with E-state index < -0.39 is 24.0 Å². The number of hydrogen-bond acceptors (Lipinski definition) is 6. The minimum atomic E-state index is -1.04. The highest BCUT2D eigenvalue weighted by molar-refractivity contribution is 5.73. The quantitative estimate of drug-likeness (QED) is 0.254. The number of likely N-dealkylation sites (N-methyl/N-ethyl adjacent to an activating group) is 1. The van der Waals surface area contributed by atoms with E-state index in [9.17, 15) is 9.59 Å². The van der Waals surface area contributed by atoms with E-state index in [1.807, 2.05) is 13.8 Å². The number of carbonyl (C=O) groups is 2. The van der Waals surface area contributed by atoms with Crippen molar-refractivity contribution in [2.24, 2.45) is 11.7 Å². The van der Waals surface area contributed by atoms with Gasteiger partial charge in [0.2, 0.25) is 0 Å². The number of hydrogen-bond donors (Lipinski definition) is 6. The molecule has 0 aliphatic carbocycles. The standard InChI is InChI=1S/C6H14N2O3.C6H13NO2/c7-4-2-1-3-5(8-11)6(9)10;1-4(2)5(7-3)6(8)9/h5,8,11H,1-4,7H2,(H,9,10);4-5,7H,1-3H3,(H,8,9). The van der Waals surface area contributed by atoms with Crippen molar-refractivity contribution in [2.75, 3.05) is 13.6 Å². The van der Waals surface area contributed by atoms with Gasteiger partial charge in [-0.3, -0.25) is 9.59 Å². The molecule has 120 valence electrons. The Morgan fingerprint density at radius 3 is 1.90 bits per heavy atom. The summed E-state index contributed by atoms with van der Waals surface area (Å²) in [6.07, 6.45) is 1.90. The van der Waals surface area contributed by atoms with Gasteiger partial charge in [0.05, 0.1) is 0 Å². The molecule has 20 heavy (non-hydrogen) atoms. The molecule has 7 N–H and O–H groups in total. The third-order valence-electron chi connectivity index (χ3n) is 2.64. The van der Waals surface area contributed by atoms with Crippen molar-refractivity contribution in [3.8, 4) is 0 Å². The maximum Gasteiger partial charge on any atom is 0.323 e. The second-order valence-corrected chi connectivity index (χ2v) is 4.65. The van der Waals surface area contributed by atoms with Gasteiger partial charge in [0.1, 0.15) is 12.1 Å². The first kappa shape index (κ1) is 21.1. The SMILES string of the molecule is CNC(C(=O)O)C(C)C.NCCCCC(NO)C(=O)O. The molecule has 0 aliphatic rings. The monoisotopic (exact) mass is 293 g/mol. The van der Waals surface area contributed by atoms with Gasteiger partial charge in [-0.2, -0.15) is 5.48 Å². The summed E-state index contributed by atoms with van der Waals surface area (Å²) in [4.78, 5) is 20.6. The molecule has 0 aromatic heterocycles. The number of carboxylic acids is 2. The minimum absolute atomic E-state index is 0.146. The number of hydroxylamine groups is 1. The van der Waals surface area contributed by atoms with Crippen molar-refractivity contribution in [1.29, 1.82) is 0 Å². The zero-order chi connectivity index (χ0) is 16.1. The first-order valence-corrected chi connectivity index (χ1v) is 6.54. The van der Waals surface area contributed by atoms with E-state index >= 15 is 0 Å². The second-order valence-electron chi connectivity index (χ2n) is 4.65. The fraction of sp³-hybridized carbons (Fsp3) is 0.833. The molecular formula is C12H27N3O5. The van der Waals surface area contributed by atoms with Crippen molar-refractivity contribution in [3.05, 3.63) is 0 Å². The Labute approximate surface area is 119 Å². The van der Waals surface area contributed by atoms with Crippen molar-refractivity contribution >= 4 is 11.9 Å². The molecule has 0 aliphatic heterocycles. The Hall–Kier alpha value is -1.22. The van der Waals surface area contributed by atoms with Crippen LogP contribution in [-0.2, 0) is 9.59 Å². The van der Waals surface area contributed by atoms with Crippen LogP contribution in [0.15, 0.2) is 0 Å². The van der Waals surface area contributed by atoms with Crippen LogP contribution in [0, 0.1) is 5.92 Å². The van der Waals surface area contributed by atoms with Crippen LogP contribution in [0.4, 0.5) is 0 Å². The summed E-state index contributed by atoms with van der Waals surface area (Å²) in [5, 5.41) is 27.9. The fourth-order valence-corrected chi connectivity index (χ4v) is 1.48. The first-order valence-electron chi connectivity index (χ1n) is 6.54. The van der Waals surface area contributed by atoms with Gasteiger partial charge in [0.15, 0.2) is 0 Å². The highest BCUT2D eigenvalue weighted by Crippen LogP contribution is 2.00. The minimum Gasteiger partial charge on any atom is -0.480 e. The van der Waals surface area contributed by atoms with Crippen LogP contribution in [0.2, 0.25) is 0 Å². The van der Waals surface area contributed by atoms with E-state index in [1.54, 1.807) is 12.5 Å². The zero-order valence-corrected chi connectivity index (χ0v) is 12.3. The Bertz CT molecular complexity index is 274. The number of aliphatic carboxylic acids is 2. The van der Waals surface area contributed by atoms with Gasteiger partial charge in [0, 0.05) is 0 Å². The predicted molar refractivity (Wildman–Crippen MR) is 74.6 cm³/mol. The Kier molecular flexibility index (Phi) is 13.5. The molecule has 0 amide bonds. The molecule has 2 unspecified atom stereocenters. The summed E-state index contributed by atoms with van der Waals surface area (Å²) >= 11 is 0. The predicted octanol–water partition coefficient (Wildman–Crippen LogP) is -0.138. The summed E-state index contributed by atoms with van der Waals surface area (Å²) in [6, 6.07) is -1.27. The van der Waals surface area contributed by atoms with Gasteiger partial charge in [0.25, 0.3) is 0 Å². The Balaban J connectivity index is 0. The maximum atomic E-state index is 10.3. The van der Waals surface area contributed by atoms with Crippen molar-refractivity contribution in [1.82, 2.24) is 10.8 Å². The molecule has 0 aromatic carbocycles. The highest BCUT2D eigenvalue weighted by atomic mass is 16.5. The second kappa shape index (κ2) is 12.8. The van der Waals surface area contributed by atoms with Crippen LogP contribution < -0.4 is 16.5 Å². The summed E-state index contributed by atoms with van der Waals surface area (Å²) in [6.45, 7) is 4.29. The molecule has 8 nitrogen and oxygen atoms in total. The Morgan fingerprint density at radius 1 is 1.15 bits per heavy atom. The summed E-state index contributed by atoms with van der Waals surface area (Å²) in [5.74, 6) is -1.68. The Morgan fingerprint density at radius 2 is 1.70 bits per heavy atom. The van der Waals surface area contributed by atoms with Gasteiger partial charge in [-0.1, -0.05) is 13.8 Å². The van der Waals surface area contributed by atoms with E-state index in [-0.39, 0.29) is 5.92 Å². The summed E-state index contributed by atoms with van der Waals surface area (Å²) in [5.41, 5.74) is 6.92. The normalized spacial score (nSPS) is 13.3. The molecule has 2 atom stereocenters. The number of rotatable bonds is 9. The average Bonchev–Trinajstić information content (AvgIpc) is 2.35. The third-order valence-corrected chi connectivity index (χ3v) is 2.64. The lowest BCUT2D eigenvalue weighted by Gasteiger charge is -2.13. The van der Waals surface area contributed by atoms with Gasteiger partial charge in [-0.25, -0.2) is 0 Å². The van der Waals surface area contributed by atoms with E-state index in [1.165, 1.54) is 0 Å². The highest BCUT2D eigenvalue weighted by Gasteiger charge is 2.17. The molecule has 0 saturated heterocycles. The molecule has 0 radical (unpaired) electrons. The van der Waals surface area contributed by atoms with Crippen LogP contribution in [0.3, 0.4) is 0 Å². The van der Waals surface area contributed by atoms with Gasteiger partial charge >= 0.3 is 11.9 Å². The molecule has 0 fully saturated rings. The molecule has 0 spiro atoms. The molecule has 0 heterocycles. The van der Waals surface area contributed by atoms with Crippen molar-refractivity contribution in [3.63, 3.8) is 0 Å². The molecule has 0 saturated carbocycles. The molecule has 8 heteroatoms. The van der Waals surface area contributed by atoms with Gasteiger partial charge in [-0.15, -0.1) is 0 Å². The fourth-order valence-electron chi connectivity index (χ4n) is 1.48. The van der Waals surface area contributed by atoms with E-state index in [0.29, 0.717) is 19.4 Å². The van der Waals surface area contributed by atoms with Crippen LogP contribution >= 0.6 is 0 Å². The number of unbranched alkanes of at least 4 members (excludes halogenated alkanes) is 1. The largest absolute Gasteiger partial charge is 0.480 e. The molecule has 0 rings (SSSR count). The maximum absolute atomic E-state index is 10.3. The van der Waals surface area contributed by atoms with Crippen LogP contribution in [-0.4, -0.2) is 53.0 Å². The third kappa shape index (κ3) is 10.7. The topological polar surface area (TPSA) is 145 Å². The smallest absolute Gasteiger partial charge is 0.323 e. The van der Waals surface area contributed by atoms with Crippen molar-refractivity contribution in [2.45, 2.75) is 45.2 Å². The summed E-state index contributed by atoms with van der Waals surface area (Å²) < 4.78 is 0.